The first kappa shape index (κ1) is 12.5. The van der Waals surface area contributed by atoms with Gasteiger partial charge in [-0.3, -0.25) is 4.79 Å². The molecule has 0 aliphatic rings. The molecule has 0 radical (unpaired) electrons. The normalized spacial score (nSPS) is 10.6. The van der Waals surface area contributed by atoms with Crippen LogP contribution in [-0.2, 0) is 6.42 Å². The van der Waals surface area contributed by atoms with Crippen LogP contribution in [0.3, 0.4) is 0 Å². The molecular weight excluding hydrogens is 248 g/mol. The van der Waals surface area contributed by atoms with Crippen LogP contribution in [0.5, 0.6) is 0 Å². The van der Waals surface area contributed by atoms with E-state index in [0.29, 0.717) is 12.1 Å². The summed E-state index contributed by atoms with van der Waals surface area (Å²) in [6.45, 7) is 0.645. The highest BCUT2D eigenvalue weighted by Gasteiger charge is 2.05. The van der Waals surface area contributed by atoms with E-state index in [4.69, 9.17) is 0 Å². The highest BCUT2D eigenvalue weighted by Crippen LogP contribution is 2.07. The Morgan fingerprint density at radius 2 is 1.85 bits per heavy atom. The molecular formula is C17H16N2O. The van der Waals surface area contributed by atoms with E-state index < -0.39 is 0 Å². The van der Waals surface area contributed by atoms with Crippen molar-refractivity contribution in [2.45, 2.75) is 6.42 Å². The Morgan fingerprint density at radius 3 is 2.70 bits per heavy atom. The molecule has 0 aliphatic carbocycles. The van der Waals surface area contributed by atoms with Crippen molar-refractivity contribution in [2.24, 2.45) is 0 Å². The van der Waals surface area contributed by atoms with Gasteiger partial charge in [-0.2, -0.15) is 0 Å². The molecule has 0 spiro atoms. The number of rotatable bonds is 4. The first-order chi connectivity index (χ1) is 9.83. The van der Waals surface area contributed by atoms with Crippen LogP contribution in [0.1, 0.15) is 15.9 Å². The first-order valence-corrected chi connectivity index (χ1v) is 6.72. The Hall–Kier alpha value is -2.55. The second-order valence-corrected chi connectivity index (χ2v) is 4.75. The van der Waals surface area contributed by atoms with Gasteiger partial charge in [0.25, 0.3) is 5.91 Å². The fraction of sp³-hybridized carbons (Fsp3) is 0.118. The van der Waals surface area contributed by atoms with Gasteiger partial charge in [-0.1, -0.05) is 30.3 Å². The van der Waals surface area contributed by atoms with Crippen molar-refractivity contribution in [1.82, 2.24) is 9.72 Å². The van der Waals surface area contributed by atoms with Gasteiger partial charge < -0.3 is 9.72 Å². The second kappa shape index (κ2) is 5.61. The summed E-state index contributed by atoms with van der Waals surface area (Å²) in [7, 11) is 0. The Labute approximate surface area is 117 Å². The van der Waals surface area contributed by atoms with Gasteiger partial charge in [-0.25, -0.2) is 0 Å². The molecule has 2 heterocycles. The molecule has 0 saturated heterocycles. The Morgan fingerprint density at radius 1 is 1.00 bits per heavy atom. The van der Waals surface area contributed by atoms with E-state index >= 15 is 0 Å². The lowest BCUT2D eigenvalue weighted by molar-refractivity contribution is 0.0953. The van der Waals surface area contributed by atoms with Gasteiger partial charge in [0.15, 0.2) is 0 Å². The molecule has 0 atom stereocenters. The summed E-state index contributed by atoms with van der Waals surface area (Å²) >= 11 is 0. The van der Waals surface area contributed by atoms with Crippen LogP contribution in [0.15, 0.2) is 67.0 Å². The molecule has 0 fully saturated rings. The van der Waals surface area contributed by atoms with E-state index in [1.807, 2.05) is 59.3 Å². The zero-order valence-corrected chi connectivity index (χ0v) is 11.1. The summed E-state index contributed by atoms with van der Waals surface area (Å²) in [5.74, 6) is -0.0310. The molecule has 0 aliphatic heterocycles. The second-order valence-electron chi connectivity index (χ2n) is 4.75. The first-order valence-electron chi connectivity index (χ1n) is 6.72. The number of nitrogens with zero attached hydrogens (tertiary/aromatic N) is 1. The average Bonchev–Trinajstić information content (AvgIpc) is 2.95. The summed E-state index contributed by atoms with van der Waals surface area (Å²) < 4.78 is 1.95. The van der Waals surface area contributed by atoms with E-state index in [-0.39, 0.29) is 5.91 Å². The lowest BCUT2D eigenvalue weighted by Gasteiger charge is -2.06. The molecule has 1 aromatic carbocycles. The van der Waals surface area contributed by atoms with Crippen molar-refractivity contribution >= 4 is 11.4 Å². The van der Waals surface area contributed by atoms with Crippen molar-refractivity contribution < 1.29 is 4.79 Å². The minimum absolute atomic E-state index is 0.0310. The minimum atomic E-state index is -0.0310. The average molecular weight is 264 g/mol. The number of nitrogens with one attached hydrogen (secondary N) is 1. The summed E-state index contributed by atoms with van der Waals surface area (Å²) in [6, 6.07) is 17.9. The number of carbonyl (C=O) groups is 1. The largest absolute Gasteiger partial charge is 0.352 e. The standard InChI is InChI=1S/C17H16N2O/c20-17(18-11-10-14-5-2-1-3-6-14)15-8-9-16-7-4-12-19(16)13-15/h1-9,12-13H,10-11H2,(H,18,20). The third-order valence-electron chi connectivity index (χ3n) is 3.33. The zero-order chi connectivity index (χ0) is 13.8. The molecule has 100 valence electrons. The van der Waals surface area contributed by atoms with Crippen LogP contribution in [0, 0.1) is 0 Å². The van der Waals surface area contributed by atoms with Crippen molar-refractivity contribution in [3.8, 4) is 0 Å². The smallest absolute Gasteiger partial charge is 0.252 e. The SMILES string of the molecule is O=C(NCCc1ccccc1)c1ccc2cccn2c1. The third-order valence-corrected chi connectivity index (χ3v) is 3.33. The quantitative estimate of drug-likeness (QED) is 0.772. The fourth-order valence-electron chi connectivity index (χ4n) is 2.24. The monoisotopic (exact) mass is 264 g/mol. The number of hydrogen-bond donors (Lipinski definition) is 1. The summed E-state index contributed by atoms with van der Waals surface area (Å²) in [5, 5.41) is 2.95. The number of carbonyl (C=O) groups excluding carboxylic acids is 1. The van der Waals surface area contributed by atoms with Gasteiger partial charge in [0, 0.05) is 24.5 Å². The topological polar surface area (TPSA) is 33.5 Å². The van der Waals surface area contributed by atoms with Crippen LogP contribution in [0.2, 0.25) is 0 Å². The van der Waals surface area contributed by atoms with Gasteiger partial charge in [0.05, 0.1) is 5.56 Å². The zero-order valence-electron chi connectivity index (χ0n) is 11.1. The molecule has 0 saturated carbocycles. The van der Waals surface area contributed by atoms with Crippen LogP contribution in [-0.4, -0.2) is 16.9 Å². The lowest BCUT2D eigenvalue weighted by Crippen LogP contribution is -2.25. The van der Waals surface area contributed by atoms with Crippen molar-refractivity contribution in [1.29, 1.82) is 0 Å². The van der Waals surface area contributed by atoms with Crippen molar-refractivity contribution in [2.75, 3.05) is 6.54 Å². The Balaban J connectivity index is 1.61. The summed E-state index contributed by atoms with van der Waals surface area (Å²) in [5.41, 5.74) is 3.00. The van der Waals surface area contributed by atoms with E-state index in [1.54, 1.807) is 0 Å². The van der Waals surface area contributed by atoms with Gasteiger partial charge in [0.1, 0.15) is 0 Å². The molecule has 0 bridgehead atoms. The van der Waals surface area contributed by atoms with Crippen LogP contribution < -0.4 is 5.32 Å². The van der Waals surface area contributed by atoms with E-state index in [0.717, 1.165) is 11.9 Å². The van der Waals surface area contributed by atoms with Crippen LogP contribution >= 0.6 is 0 Å². The van der Waals surface area contributed by atoms with E-state index in [9.17, 15) is 4.79 Å². The molecule has 0 unspecified atom stereocenters. The predicted octanol–water partition coefficient (Wildman–Crippen LogP) is 2.91. The van der Waals surface area contributed by atoms with Crippen molar-refractivity contribution in [3.05, 3.63) is 78.1 Å². The molecule has 1 amide bonds. The highest BCUT2D eigenvalue weighted by molar-refractivity contribution is 5.94. The van der Waals surface area contributed by atoms with Gasteiger partial charge >= 0.3 is 0 Å². The number of aromatic nitrogens is 1. The minimum Gasteiger partial charge on any atom is -0.352 e. The van der Waals surface area contributed by atoms with E-state index in [2.05, 4.69) is 17.4 Å². The number of benzene rings is 1. The molecule has 3 aromatic rings. The van der Waals surface area contributed by atoms with Gasteiger partial charge in [-0.15, -0.1) is 0 Å². The summed E-state index contributed by atoms with van der Waals surface area (Å²) in [4.78, 5) is 12.1. The maximum atomic E-state index is 12.1. The van der Waals surface area contributed by atoms with Gasteiger partial charge in [-0.05, 0) is 36.2 Å². The lowest BCUT2D eigenvalue weighted by atomic mass is 10.1. The van der Waals surface area contributed by atoms with Crippen LogP contribution in [0.4, 0.5) is 0 Å². The molecule has 20 heavy (non-hydrogen) atoms. The highest BCUT2D eigenvalue weighted by atomic mass is 16.1. The number of pyridine rings is 1. The molecule has 2 aromatic heterocycles. The van der Waals surface area contributed by atoms with Crippen LogP contribution in [0.25, 0.3) is 5.52 Å². The van der Waals surface area contributed by atoms with Gasteiger partial charge in [0.2, 0.25) is 0 Å². The Kier molecular flexibility index (Phi) is 3.50. The third kappa shape index (κ3) is 2.72. The molecule has 3 rings (SSSR count). The molecule has 3 nitrogen and oxygen atoms in total. The molecule has 3 heteroatoms. The number of amides is 1. The predicted molar refractivity (Wildman–Crippen MR) is 79.9 cm³/mol. The maximum Gasteiger partial charge on any atom is 0.252 e. The van der Waals surface area contributed by atoms with Crippen molar-refractivity contribution in [3.63, 3.8) is 0 Å². The maximum absolute atomic E-state index is 12.1. The number of hydrogen-bond acceptors (Lipinski definition) is 1. The van der Waals surface area contributed by atoms with E-state index in [1.165, 1.54) is 5.56 Å². The molecule has 1 N–H and O–H groups in total. The fourth-order valence-corrected chi connectivity index (χ4v) is 2.24. The number of fused-ring (bicyclic) bond motifs is 1. The summed E-state index contributed by atoms with van der Waals surface area (Å²) in [6.07, 6.45) is 4.64. The Bertz CT molecular complexity index is 716.